The highest BCUT2D eigenvalue weighted by Gasteiger charge is 2.44. The predicted octanol–water partition coefficient (Wildman–Crippen LogP) is 6.83. The lowest BCUT2D eigenvalue weighted by Gasteiger charge is -2.26. The molecule has 1 amide bonds. The Labute approximate surface area is 230 Å². The van der Waals surface area contributed by atoms with Gasteiger partial charge in [-0.15, -0.1) is 0 Å². The van der Waals surface area contributed by atoms with Crippen molar-refractivity contribution in [2.75, 3.05) is 12.0 Å². The lowest BCUT2D eigenvalue weighted by Crippen LogP contribution is -2.29. The first-order valence-corrected chi connectivity index (χ1v) is 13.0. The number of benzene rings is 4. The van der Waals surface area contributed by atoms with E-state index in [0.29, 0.717) is 29.4 Å². The summed E-state index contributed by atoms with van der Waals surface area (Å²) < 4.78 is 31.8. The molecule has 0 spiro atoms. The van der Waals surface area contributed by atoms with Crippen LogP contribution in [-0.2, 0) is 13.0 Å². The highest BCUT2D eigenvalue weighted by Crippen LogP contribution is 2.43. The number of carbonyl (C=O) groups is 1. The average Bonchev–Trinajstić information content (AvgIpc) is 3.29. The van der Waals surface area contributed by atoms with Crippen LogP contribution in [0.5, 0.6) is 11.5 Å². The second kappa shape index (κ2) is 10.3. The minimum absolute atomic E-state index is 0.0583. The maximum absolute atomic E-state index is 14.1. The Hall–Kier alpha value is -4.91. The molecule has 0 saturated heterocycles. The van der Waals surface area contributed by atoms with E-state index in [4.69, 9.17) is 13.9 Å². The summed E-state index contributed by atoms with van der Waals surface area (Å²) in [6.07, 6.45) is 0.844. The van der Waals surface area contributed by atoms with Gasteiger partial charge in [-0.3, -0.25) is 14.5 Å². The Balaban J connectivity index is 1.49. The first-order chi connectivity index (χ1) is 19.5. The standard InChI is InChI=1S/C33H26FNO5/c1-3-20-9-13-24(14-10-20)35-30(29-31(36)25-18-23(34)12-16-26(25)40-32(29)33(35)37)22-11-15-27(28(17-22)38-2)39-19-21-7-5-4-6-8-21/h4-18,30H,3,19H2,1-2H3. The number of methoxy groups -OCH3 is 1. The number of ether oxygens (including phenoxy) is 2. The van der Waals surface area contributed by atoms with Gasteiger partial charge in [-0.05, 0) is 65.6 Å². The first-order valence-electron chi connectivity index (χ1n) is 13.0. The molecule has 0 N–H and O–H groups in total. The van der Waals surface area contributed by atoms with Crippen LogP contribution in [0, 0.1) is 5.82 Å². The van der Waals surface area contributed by atoms with Crippen LogP contribution in [0.1, 0.15) is 45.8 Å². The molecule has 0 saturated carbocycles. The number of carbonyl (C=O) groups excluding carboxylic acids is 1. The van der Waals surface area contributed by atoms with Crippen LogP contribution in [0.2, 0.25) is 0 Å². The van der Waals surface area contributed by atoms with Gasteiger partial charge in [0.2, 0.25) is 5.76 Å². The van der Waals surface area contributed by atoms with E-state index in [-0.39, 0.29) is 22.3 Å². The molecule has 6 rings (SSSR count). The molecule has 7 heteroatoms. The number of rotatable bonds is 7. The van der Waals surface area contributed by atoms with E-state index in [2.05, 4.69) is 6.92 Å². The maximum atomic E-state index is 14.1. The molecule has 200 valence electrons. The highest BCUT2D eigenvalue weighted by atomic mass is 19.1. The fourth-order valence-electron chi connectivity index (χ4n) is 5.13. The molecule has 0 aliphatic carbocycles. The number of hydrogen-bond acceptors (Lipinski definition) is 5. The number of fused-ring (bicyclic) bond motifs is 2. The van der Waals surface area contributed by atoms with Gasteiger partial charge in [-0.25, -0.2) is 4.39 Å². The quantitative estimate of drug-likeness (QED) is 0.228. The Kier molecular flexibility index (Phi) is 6.56. The van der Waals surface area contributed by atoms with Crippen LogP contribution in [0.3, 0.4) is 0 Å². The Bertz CT molecular complexity index is 1780. The number of hydrogen-bond donors (Lipinski definition) is 0. The summed E-state index contributed by atoms with van der Waals surface area (Å²) in [5.41, 5.74) is 3.20. The third-order valence-electron chi connectivity index (χ3n) is 7.20. The Morgan fingerprint density at radius 3 is 2.38 bits per heavy atom. The van der Waals surface area contributed by atoms with Crippen molar-refractivity contribution in [3.8, 4) is 11.5 Å². The van der Waals surface area contributed by atoms with Crippen molar-refractivity contribution in [2.45, 2.75) is 26.0 Å². The molecule has 4 aromatic carbocycles. The summed E-state index contributed by atoms with van der Waals surface area (Å²) >= 11 is 0. The molecule has 40 heavy (non-hydrogen) atoms. The zero-order valence-electron chi connectivity index (χ0n) is 22.0. The molecular formula is C33H26FNO5. The van der Waals surface area contributed by atoms with Crippen molar-refractivity contribution < 1.29 is 23.1 Å². The van der Waals surface area contributed by atoms with Gasteiger partial charge in [0.25, 0.3) is 5.91 Å². The van der Waals surface area contributed by atoms with E-state index >= 15 is 0 Å². The summed E-state index contributed by atoms with van der Waals surface area (Å²) in [5.74, 6) is -0.0971. The van der Waals surface area contributed by atoms with Gasteiger partial charge >= 0.3 is 0 Å². The van der Waals surface area contributed by atoms with Gasteiger partial charge in [-0.2, -0.15) is 0 Å². The molecule has 1 aliphatic rings. The largest absolute Gasteiger partial charge is 0.493 e. The van der Waals surface area contributed by atoms with Crippen molar-refractivity contribution in [2.24, 2.45) is 0 Å². The van der Waals surface area contributed by atoms with Crippen LogP contribution < -0.4 is 19.8 Å². The minimum atomic E-state index is -0.823. The first kappa shape index (κ1) is 25.4. The number of amides is 1. The van der Waals surface area contributed by atoms with E-state index in [0.717, 1.165) is 23.6 Å². The monoisotopic (exact) mass is 535 g/mol. The Morgan fingerprint density at radius 2 is 1.65 bits per heavy atom. The van der Waals surface area contributed by atoms with Crippen LogP contribution in [-0.4, -0.2) is 13.0 Å². The van der Waals surface area contributed by atoms with Gasteiger partial charge in [0, 0.05) is 5.69 Å². The summed E-state index contributed by atoms with van der Waals surface area (Å²) in [6.45, 7) is 2.40. The number of anilines is 1. The fourth-order valence-corrected chi connectivity index (χ4v) is 5.13. The minimum Gasteiger partial charge on any atom is -0.493 e. The normalized spacial score (nSPS) is 14.4. The summed E-state index contributed by atoms with van der Waals surface area (Å²) in [5, 5.41) is 0.0783. The molecule has 0 radical (unpaired) electrons. The molecule has 2 heterocycles. The lowest BCUT2D eigenvalue weighted by molar-refractivity contribution is 0.0971. The van der Waals surface area contributed by atoms with Crippen LogP contribution >= 0.6 is 0 Å². The smallest absolute Gasteiger partial charge is 0.295 e. The molecule has 0 bridgehead atoms. The molecule has 0 fully saturated rings. The van der Waals surface area contributed by atoms with E-state index in [1.165, 1.54) is 19.2 Å². The van der Waals surface area contributed by atoms with Crippen LogP contribution in [0.4, 0.5) is 10.1 Å². The van der Waals surface area contributed by atoms with Crippen molar-refractivity contribution in [1.82, 2.24) is 0 Å². The molecule has 1 aliphatic heterocycles. The van der Waals surface area contributed by atoms with Gasteiger partial charge < -0.3 is 13.9 Å². The fraction of sp³-hybridized carbons (Fsp3) is 0.152. The summed E-state index contributed by atoms with van der Waals surface area (Å²) in [4.78, 5) is 29.2. The van der Waals surface area contributed by atoms with Gasteiger partial charge in [0.05, 0.1) is 24.1 Å². The van der Waals surface area contributed by atoms with Crippen molar-refractivity contribution in [1.29, 1.82) is 0 Å². The molecule has 6 nitrogen and oxygen atoms in total. The summed E-state index contributed by atoms with van der Waals surface area (Å²) in [6, 6.07) is 25.6. The second-order valence-corrected chi connectivity index (χ2v) is 9.60. The van der Waals surface area contributed by atoms with Crippen molar-refractivity contribution in [3.05, 3.63) is 135 Å². The van der Waals surface area contributed by atoms with E-state index < -0.39 is 23.2 Å². The zero-order valence-corrected chi connectivity index (χ0v) is 22.0. The zero-order chi connectivity index (χ0) is 27.8. The molecule has 1 unspecified atom stereocenters. The second-order valence-electron chi connectivity index (χ2n) is 9.60. The SMILES string of the molecule is CCc1ccc(N2C(=O)c3oc4ccc(F)cc4c(=O)c3C2c2ccc(OCc3ccccc3)c(OC)c2)cc1. The number of halogens is 1. The van der Waals surface area contributed by atoms with Gasteiger partial charge in [-0.1, -0.05) is 55.5 Å². The molecule has 5 aromatic rings. The van der Waals surface area contributed by atoms with Crippen LogP contribution in [0.15, 0.2) is 100 Å². The third kappa shape index (κ3) is 4.39. The molecular weight excluding hydrogens is 509 g/mol. The van der Waals surface area contributed by atoms with Crippen molar-refractivity contribution >= 4 is 22.6 Å². The van der Waals surface area contributed by atoms with E-state index in [9.17, 15) is 14.0 Å². The maximum Gasteiger partial charge on any atom is 0.295 e. The molecule has 1 aromatic heterocycles. The Morgan fingerprint density at radius 1 is 0.875 bits per heavy atom. The summed E-state index contributed by atoms with van der Waals surface area (Å²) in [7, 11) is 1.54. The van der Waals surface area contributed by atoms with Crippen LogP contribution in [0.25, 0.3) is 11.0 Å². The van der Waals surface area contributed by atoms with Gasteiger partial charge in [0.1, 0.15) is 18.0 Å². The number of aryl methyl sites for hydroxylation is 1. The average molecular weight is 536 g/mol. The molecule has 1 atom stereocenters. The van der Waals surface area contributed by atoms with E-state index in [1.54, 1.807) is 23.1 Å². The predicted molar refractivity (Wildman–Crippen MR) is 151 cm³/mol. The topological polar surface area (TPSA) is 69.0 Å². The highest BCUT2D eigenvalue weighted by molar-refractivity contribution is 6.10. The lowest BCUT2D eigenvalue weighted by atomic mass is 9.97. The van der Waals surface area contributed by atoms with E-state index in [1.807, 2.05) is 54.6 Å². The van der Waals surface area contributed by atoms with Crippen molar-refractivity contribution in [3.63, 3.8) is 0 Å². The third-order valence-corrected chi connectivity index (χ3v) is 7.20. The number of nitrogens with zero attached hydrogens (tertiary/aromatic N) is 1. The van der Waals surface area contributed by atoms with Gasteiger partial charge in [0.15, 0.2) is 16.9 Å².